The number of carbonyl (C=O) groups is 1. The molecule has 36 heavy (non-hydrogen) atoms. The molecule has 2 aromatic heterocycles. The van der Waals surface area contributed by atoms with Crippen molar-refractivity contribution in [1.82, 2.24) is 19.1 Å². The van der Waals surface area contributed by atoms with Gasteiger partial charge in [0.15, 0.2) is 5.13 Å². The van der Waals surface area contributed by atoms with E-state index in [0.29, 0.717) is 29.2 Å². The number of hydrogen-bond donors (Lipinski definition) is 0. The molecule has 2 aromatic carbocycles. The van der Waals surface area contributed by atoms with Crippen LogP contribution in [0.5, 0.6) is 0 Å². The first-order chi connectivity index (χ1) is 17.3. The first-order valence-corrected chi connectivity index (χ1v) is 13.7. The van der Waals surface area contributed by atoms with Crippen molar-refractivity contribution in [2.45, 2.75) is 24.3 Å². The van der Waals surface area contributed by atoms with Gasteiger partial charge in [0.1, 0.15) is 17.2 Å². The van der Waals surface area contributed by atoms with Gasteiger partial charge in [0.05, 0.1) is 16.1 Å². The molecule has 0 radical (unpaired) electrons. The van der Waals surface area contributed by atoms with Crippen LogP contribution in [0.1, 0.15) is 12.8 Å². The minimum absolute atomic E-state index is 0.0195. The lowest BCUT2D eigenvalue weighted by molar-refractivity contribution is -0.123. The predicted octanol–water partition coefficient (Wildman–Crippen LogP) is 3.91. The number of anilines is 1. The number of sulfonamides is 1. The second-order valence-corrected chi connectivity index (χ2v) is 11.4. The van der Waals surface area contributed by atoms with E-state index in [0.717, 1.165) is 12.1 Å². The molecule has 3 heterocycles. The summed E-state index contributed by atoms with van der Waals surface area (Å²) in [5.41, 5.74) is 0.217. The van der Waals surface area contributed by atoms with Gasteiger partial charge in [-0.25, -0.2) is 22.2 Å². The summed E-state index contributed by atoms with van der Waals surface area (Å²) in [7, 11) is -3.78. The molecular weight excluding hydrogens is 508 g/mol. The molecule has 1 aliphatic rings. The Bertz CT molecular complexity index is 1470. The summed E-state index contributed by atoms with van der Waals surface area (Å²) < 4.78 is 57.1. The number of rotatable bonds is 7. The van der Waals surface area contributed by atoms with Crippen LogP contribution in [0, 0.1) is 17.6 Å². The monoisotopic (exact) mass is 531 g/mol. The van der Waals surface area contributed by atoms with E-state index in [1.165, 1.54) is 33.8 Å². The van der Waals surface area contributed by atoms with Crippen LogP contribution < -0.4 is 4.90 Å². The van der Waals surface area contributed by atoms with Crippen molar-refractivity contribution in [3.05, 3.63) is 72.6 Å². The first-order valence-electron chi connectivity index (χ1n) is 11.4. The van der Waals surface area contributed by atoms with Gasteiger partial charge in [-0.3, -0.25) is 14.4 Å². The fraction of sp³-hybridized carbons (Fsp3) is 0.292. The molecule has 1 aliphatic heterocycles. The minimum atomic E-state index is -3.78. The van der Waals surface area contributed by atoms with E-state index in [9.17, 15) is 22.0 Å². The van der Waals surface area contributed by atoms with Gasteiger partial charge in [0.2, 0.25) is 15.9 Å². The number of amides is 1. The SMILES string of the molecule is O=C(C1CCN(S(=O)(=O)c2ccc(F)cc2)CC1)N(CCn1cccn1)c1nc2c(F)cccc2s1. The third-order valence-electron chi connectivity index (χ3n) is 6.22. The lowest BCUT2D eigenvalue weighted by Crippen LogP contribution is -2.45. The van der Waals surface area contributed by atoms with Gasteiger partial charge in [-0.2, -0.15) is 9.40 Å². The first kappa shape index (κ1) is 24.5. The van der Waals surface area contributed by atoms with Crippen molar-refractivity contribution in [3.8, 4) is 0 Å². The van der Waals surface area contributed by atoms with Crippen molar-refractivity contribution in [1.29, 1.82) is 0 Å². The summed E-state index contributed by atoms with van der Waals surface area (Å²) in [6.45, 7) is 1.04. The Morgan fingerprint density at radius 3 is 2.50 bits per heavy atom. The second kappa shape index (κ2) is 10.0. The number of carbonyl (C=O) groups excluding carboxylic acids is 1. The maximum atomic E-state index is 14.3. The van der Waals surface area contributed by atoms with E-state index < -0.39 is 27.6 Å². The Kier molecular flexibility index (Phi) is 6.82. The van der Waals surface area contributed by atoms with Crippen LogP contribution in [-0.2, 0) is 21.4 Å². The predicted molar refractivity (Wildman–Crippen MR) is 132 cm³/mol. The normalized spacial score (nSPS) is 15.4. The summed E-state index contributed by atoms with van der Waals surface area (Å²) in [6, 6.07) is 11.2. The van der Waals surface area contributed by atoms with Gasteiger partial charge < -0.3 is 0 Å². The fourth-order valence-corrected chi connectivity index (χ4v) is 6.75. The average Bonchev–Trinajstić information content (AvgIpc) is 3.55. The number of hydrogen-bond acceptors (Lipinski definition) is 6. The zero-order valence-electron chi connectivity index (χ0n) is 19.1. The van der Waals surface area contributed by atoms with Gasteiger partial charge in [-0.15, -0.1) is 0 Å². The molecular formula is C24H23F2N5O3S2. The van der Waals surface area contributed by atoms with E-state index in [1.807, 2.05) is 0 Å². The molecule has 5 rings (SSSR count). The molecule has 12 heteroatoms. The van der Waals surface area contributed by atoms with Gasteiger partial charge in [0.25, 0.3) is 0 Å². The summed E-state index contributed by atoms with van der Waals surface area (Å²) in [4.78, 5) is 19.6. The number of para-hydroxylation sites is 1. The smallest absolute Gasteiger partial charge is 0.243 e. The van der Waals surface area contributed by atoms with E-state index in [2.05, 4.69) is 10.1 Å². The molecule has 0 unspecified atom stereocenters. The van der Waals surface area contributed by atoms with Gasteiger partial charge in [-0.1, -0.05) is 17.4 Å². The number of halogens is 2. The van der Waals surface area contributed by atoms with Gasteiger partial charge in [-0.05, 0) is 55.3 Å². The Morgan fingerprint density at radius 1 is 1.08 bits per heavy atom. The third-order valence-corrected chi connectivity index (χ3v) is 9.18. The van der Waals surface area contributed by atoms with Crippen molar-refractivity contribution in [3.63, 3.8) is 0 Å². The quantitative estimate of drug-likeness (QED) is 0.361. The molecule has 4 aromatic rings. The minimum Gasteiger partial charge on any atom is -0.286 e. The van der Waals surface area contributed by atoms with E-state index in [4.69, 9.17) is 0 Å². The van der Waals surface area contributed by atoms with Crippen LogP contribution in [0.25, 0.3) is 10.2 Å². The Balaban J connectivity index is 1.34. The largest absolute Gasteiger partial charge is 0.286 e. The van der Waals surface area contributed by atoms with Crippen LogP contribution in [0.4, 0.5) is 13.9 Å². The highest BCUT2D eigenvalue weighted by atomic mass is 32.2. The third kappa shape index (κ3) is 4.88. The zero-order valence-corrected chi connectivity index (χ0v) is 20.8. The summed E-state index contributed by atoms with van der Waals surface area (Å²) in [5, 5.41) is 4.58. The molecule has 8 nitrogen and oxygen atoms in total. The average molecular weight is 532 g/mol. The number of benzene rings is 2. The molecule has 0 atom stereocenters. The lowest BCUT2D eigenvalue weighted by Gasteiger charge is -2.33. The molecule has 1 saturated heterocycles. The molecule has 1 amide bonds. The molecule has 0 N–H and O–H groups in total. The molecule has 0 saturated carbocycles. The standard InChI is InChI=1S/C24H23F2N5O3S2/c25-18-5-7-19(8-6-18)36(33,34)30-13-9-17(10-14-30)23(32)31(16-15-29-12-2-11-27-29)24-28-22-20(26)3-1-4-21(22)35-24/h1-8,11-12,17H,9-10,13-16H2. The lowest BCUT2D eigenvalue weighted by atomic mass is 9.96. The van der Waals surface area contributed by atoms with E-state index in [1.54, 1.807) is 40.2 Å². The summed E-state index contributed by atoms with van der Waals surface area (Å²) in [6.07, 6.45) is 4.10. The number of fused-ring (bicyclic) bond motifs is 1. The highest BCUT2D eigenvalue weighted by Crippen LogP contribution is 2.33. The highest BCUT2D eigenvalue weighted by Gasteiger charge is 2.35. The Morgan fingerprint density at radius 2 is 1.83 bits per heavy atom. The second-order valence-electron chi connectivity index (χ2n) is 8.47. The van der Waals surface area contributed by atoms with E-state index >= 15 is 0 Å². The molecule has 0 bridgehead atoms. The number of thiazole rings is 1. The van der Waals surface area contributed by atoms with Crippen LogP contribution in [-0.4, -0.2) is 53.0 Å². The zero-order chi connectivity index (χ0) is 25.3. The highest BCUT2D eigenvalue weighted by molar-refractivity contribution is 7.89. The van der Waals surface area contributed by atoms with Crippen molar-refractivity contribution in [2.75, 3.05) is 24.5 Å². The number of aromatic nitrogens is 3. The van der Waals surface area contributed by atoms with Crippen molar-refractivity contribution in [2.24, 2.45) is 5.92 Å². The Labute approximate surface area is 210 Å². The maximum Gasteiger partial charge on any atom is 0.243 e. The van der Waals surface area contributed by atoms with Crippen molar-refractivity contribution >= 4 is 42.6 Å². The number of piperidine rings is 1. The summed E-state index contributed by atoms with van der Waals surface area (Å²) in [5.74, 6) is -1.56. The van der Waals surface area contributed by atoms with Gasteiger partial charge >= 0.3 is 0 Å². The van der Waals surface area contributed by atoms with E-state index in [-0.39, 0.29) is 36.0 Å². The number of nitrogens with zero attached hydrogens (tertiary/aromatic N) is 5. The maximum absolute atomic E-state index is 14.3. The molecule has 0 spiro atoms. The van der Waals surface area contributed by atoms with Gasteiger partial charge in [0, 0.05) is 37.9 Å². The molecule has 0 aliphatic carbocycles. The molecule has 1 fully saturated rings. The summed E-state index contributed by atoms with van der Waals surface area (Å²) >= 11 is 1.24. The van der Waals surface area contributed by atoms with Crippen LogP contribution in [0.3, 0.4) is 0 Å². The molecule has 188 valence electrons. The fourth-order valence-electron chi connectivity index (χ4n) is 4.27. The van der Waals surface area contributed by atoms with Crippen LogP contribution in [0.2, 0.25) is 0 Å². The van der Waals surface area contributed by atoms with Crippen LogP contribution >= 0.6 is 11.3 Å². The van der Waals surface area contributed by atoms with Crippen LogP contribution in [0.15, 0.2) is 65.8 Å². The van der Waals surface area contributed by atoms with Crippen molar-refractivity contribution < 1.29 is 22.0 Å². The Hall–Kier alpha value is -3.22. The topological polar surface area (TPSA) is 88.4 Å².